The number of benzene rings is 1. The van der Waals surface area contributed by atoms with Gasteiger partial charge in [0.15, 0.2) is 0 Å². The van der Waals surface area contributed by atoms with E-state index in [0.29, 0.717) is 0 Å². The molecule has 1 aromatic carbocycles. The molecule has 1 aromatic rings. The summed E-state index contributed by atoms with van der Waals surface area (Å²) in [5, 5.41) is 10.9. The Morgan fingerprint density at radius 2 is 1.80 bits per heavy atom. The van der Waals surface area contributed by atoms with Gasteiger partial charge < -0.3 is 19.9 Å². The molecular formula is C17H23NO6S. The first-order chi connectivity index (χ1) is 11.6. The van der Waals surface area contributed by atoms with Gasteiger partial charge in [0.05, 0.1) is 7.11 Å². The van der Waals surface area contributed by atoms with E-state index < -0.39 is 34.9 Å². The van der Waals surface area contributed by atoms with E-state index in [9.17, 15) is 19.5 Å². The number of nitrogens with one attached hydrogen (secondary N) is 1. The van der Waals surface area contributed by atoms with Crippen LogP contribution in [0.2, 0.25) is 0 Å². The van der Waals surface area contributed by atoms with Gasteiger partial charge in [-0.1, -0.05) is 18.2 Å². The molecule has 0 radical (unpaired) electrons. The largest absolute Gasteiger partial charge is 0.480 e. The van der Waals surface area contributed by atoms with Gasteiger partial charge in [-0.2, -0.15) is 0 Å². The van der Waals surface area contributed by atoms with E-state index in [4.69, 9.17) is 4.74 Å². The fourth-order valence-corrected chi connectivity index (χ4v) is 2.92. The molecule has 1 unspecified atom stereocenters. The van der Waals surface area contributed by atoms with Crippen molar-refractivity contribution in [2.75, 3.05) is 7.11 Å². The average Bonchev–Trinajstić information content (AvgIpc) is 2.51. The molecule has 0 bridgehead atoms. The average molecular weight is 369 g/mol. The summed E-state index contributed by atoms with van der Waals surface area (Å²) in [5.74, 6) is -1.82. The van der Waals surface area contributed by atoms with Crippen molar-refractivity contribution >= 4 is 29.8 Å². The third kappa shape index (κ3) is 7.93. The van der Waals surface area contributed by atoms with Crippen molar-refractivity contribution in [3.8, 4) is 0 Å². The predicted molar refractivity (Wildman–Crippen MR) is 93.5 cm³/mol. The van der Waals surface area contributed by atoms with Gasteiger partial charge in [-0.3, -0.25) is 4.79 Å². The number of carbonyl (C=O) groups is 3. The van der Waals surface area contributed by atoms with Crippen LogP contribution in [0.4, 0.5) is 4.79 Å². The highest BCUT2D eigenvalue weighted by Crippen LogP contribution is 2.26. The second-order valence-corrected chi connectivity index (χ2v) is 7.49. The number of alkyl carbamates (subject to hydrolysis) is 1. The first-order valence-electron chi connectivity index (χ1n) is 7.64. The summed E-state index contributed by atoms with van der Waals surface area (Å²) in [4.78, 5) is 36.1. The normalized spacial score (nSPS) is 13.4. The summed E-state index contributed by atoms with van der Waals surface area (Å²) in [6, 6.07) is 7.82. The SMILES string of the molecule is COC(=O)C(C[C@H](Sc1ccccc1)C(=O)O)NC(=O)OC(C)(C)C. The maximum Gasteiger partial charge on any atom is 0.408 e. The Kier molecular flexibility index (Phi) is 7.76. The highest BCUT2D eigenvalue weighted by Gasteiger charge is 2.31. The van der Waals surface area contributed by atoms with Crippen LogP contribution in [-0.2, 0) is 19.1 Å². The second kappa shape index (κ2) is 9.31. The Morgan fingerprint density at radius 1 is 1.20 bits per heavy atom. The van der Waals surface area contributed by atoms with Crippen molar-refractivity contribution in [1.82, 2.24) is 5.32 Å². The molecule has 8 heteroatoms. The number of carbonyl (C=O) groups excluding carboxylic acids is 2. The standard InChI is InChI=1S/C17H23NO6S/c1-17(2,3)24-16(22)18-12(15(21)23-4)10-13(14(19)20)25-11-8-6-5-7-9-11/h5-9,12-13H,10H2,1-4H3,(H,18,22)(H,19,20)/t12?,13-/m0/s1. The lowest BCUT2D eigenvalue weighted by Crippen LogP contribution is -2.46. The molecule has 138 valence electrons. The van der Waals surface area contributed by atoms with Crippen molar-refractivity contribution < 1.29 is 29.0 Å². The molecule has 1 rings (SSSR count). The van der Waals surface area contributed by atoms with Crippen LogP contribution in [0.5, 0.6) is 0 Å². The fraction of sp³-hybridized carbons (Fsp3) is 0.471. The fourth-order valence-electron chi connectivity index (χ4n) is 1.88. The lowest BCUT2D eigenvalue weighted by Gasteiger charge is -2.24. The number of esters is 1. The lowest BCUT2D eigenvalue weighted by atomic mass is 10.1. The van der Waals surface area contributed by atoms with Crippen LogP contribution in [-0.4, -0.2) is 47.1 Å². The Balaban J connectivity index is 2.84. The van der Waals surface area contributed by atoms with Gasteiger partial charge in [-0.25, -0.2) is 9.59 Å². The summed E-state index contributed by atoms with van der Waals surface area (Å²) in [7, 11) is 1.17. The van der Waals surface area contributed by atoms with Gasteiger partial charge in [-0.15, -0.1) is 11.8 Å². The molecule has 0 aliphatic rings. The van der Waals surface area contributed by atoms with Gasteiger partial charge in [0.25, 0.3) is 0 Å². The number of amides is 1. The maximum absolute atomic E-state index is 11.9. The highest BCUT2D eigenvalue weighted by atomic mass is 32.2. The molecule has 2 N–H and O–H groups in total. The third-order valence-corrected chi connectivity index (χ3v) is 4.15. The van der Waals surface area contributed by atoms with Crippen LogP contribution in [0.25, 0.3) is 0 Å². The number of thioether (sulfide) groups is 1. The molecule has 25 heavy (non-hydrogen) atoms. The van der Waals surface area contributed by atoms with Crippen molar-refractivity contribution in [3.63, 3.8) is 0 Å². The Morgan fingerprint density at radius 3 is 2.28 bits per heavy atom. The number of ether oxygens (including phenoxy) is 2. The Bertz CT molecular complexity index is 599. The van der Waals surface area contributed by atoms with Crippen molar-refractivity contribution in [2.45, 2.75) is 49.0 Å². The predicted octanol–water partition coefficient (Wildman–Crippen LogP) is 2.69. The quantitative estimate of drug-likeness (QED) is 0.563. The molecule has 0 saturated heterocycles. The molecule has 0 saturated carbocycles. The second-order valence-electron chi connectivity index (χ2n) is 6.22. The van der Waals surface area contributed by atoms with Crippen molar-refractivity contribution in [3.05, 3.63) is 30.3 Å². The summed E-state index contributed by atoms with van der Waals surface area (Å²) in [6.07, 6.45) is -0.947. The molecule has 2 atom stereocenters. The van der Waals surface area contributed by atoms with Crippen LogP contribution in [0.3, 0.4) is 0 Å². The van der Waals surface area contributed by atoms with Crippen LogP contribution >= 0.6 is 11.8 Å². The molecule has 0 spiro atoms. The summed E-state index contributed by atoms with van der Waals surface area (Å²) < 4.78 is 9.77. The topological polar surface area (TPSA) is 102 Å². The molecular weight excluding hydrogens is 346 g/mol. The Hall–Kier alpha value is -2.22. The zero-order valence-electron chi connectivity index (χ0n) is 14.6. The van der Waals surface area contributed by atoms with Crippen LogP contribution in [0, 0.1) is 0 Å². The number of rotatable bonds is 7. The molecule has 0 aliphatic heterocycles. The zero-order valence-corrected chi connectivity index (χ0v) is 15.5. The number of methoxy groups -OCH3 is 1. The highest BCUT2D eigenvalue weighted by molar-refractivity contribution is 8.00. The van der Waals surface area contributed by atoms with Crippen molar-refractivity contribution in [1.29, 1.82) is 0 Å². The van der Waals surface area contributed by atoms with Crippen LogP contribution < -0.4 is 5.32 Å². The first-order valence-corrected chi connectivity index (χ1v) is 8.52. The third-order valence-electron chi connectivity index (χ3n) is 2.92. The smallest absolute Gasteiger partial charge is 0.408 e. The number of hydrogen-bond donors (Lipinski definition) is 2. The molecule has 0 aromatic heterocycles. The molecule has 1 amide bonds. The van der Waals surface area contributed by atoms with Crippen LogP contribution in [0.1, 0.15) is 27.2 Å². The molecule has 7 nitrogen and oxygen atoms in total. The van der Waals surface area contributed by atoms with E-state index in [-0.39, 0.29) is 6.42 Å². The van der Waals surface area contributed by atoms with Gasteiger partial charge in [-0.05, 0) is 32.9 Å². The number of carboxylic acid groups (broad SMARTS) is 1. The maximum atomic E-state index is 11.9. The Labute approximate surface area is 151 Å². The monoisotopic (exact) mass is 369 g/mol. The van der Waals surface area contributed by atoms with Gasteiger partial charge in [0.2, 0.25) is 0 Å². The van der Waals surface area contributed by atoms with E-state index in [1.54, 1.807) is 45.0 Å². The van der Waals surface area contributed by atoms with E-state index in [1.807, 2.05) is 6.07 Å². The van der Waals surface area contributed by atoms with E-state index in [2.05, 4.69) is 10.1 Å². The lowest BCUT2D eigenvalue weighted by molar-refractivity contribution is -0.143. The van der Waals surface area contributed by atoms with Gasteiger partial charge >= 0.3 is 18.0 Å². The molecule has 0 heterocycles. The number of hydrogen-bond acceptors (Lipinski definition) is 6. The van der Waals surface area contributed by atoms with E-state index in [1.165, 1.54) is 7.11 Å². The van der Waals surface area contributed by atoms with Gasteiger partial charge in [0, 0.05) is 11.3 Å². The van der Waals surface area contributed by atoms with Crippen LogP contribution in [0.15, 0.2) is 35.2 Å². The first kappa shape index (κ1) is 20.8. The van der Waals surface area contributed by atoms with Crippen molar-refractivity contribution in [2.24, 2.45) is 0 Å². The van der Waals surface area contributed by atoms with E-state index in [0.717, 1.165) is 16.7 Å². The zero-order chi connectivity index (χ0) is 19.0. The summed E-state index contributed by atoms with van der Waals surface area (Å²) in [6.45, 7) is 5.06. The summed E-state index contributed by atoms with van der Waals surface area (Å²) in [5.41, 5.74) is -0.740. The summed E-state index contributed by atoms with van der Waals surface area (Å²) >= 11 is 1.09. The molecule has 0 aliphatic carbocycles. The number of aliphatic carboxylic acids is 1. The minimum atomic E-state index is -1.13. The minimum Gasteiger partial charge on any atom is -0.480 e. The van der Waals surface area contributed by atoms with Gasteiger partial charge in [0.1, 0.15) is 16.9 Å². The minimum absolute atomic E-state index is 0.138. The number of carboxylic acids is 1. The van der Waals surface area contributed by atoms with E-state index >= 15 is 0 Å². The molecule has 0 fully saturated rings.